The smallest absolute Gasteiger partial charge is 0.265 e. The molecule has 0 unspecified atom stereocenters. The van der Waals surface area contributed by atoms with Crippen molar-refractivity contribution < 1.29 is 4.79 Å². The minimum absolute atomic E-state index is 0.105. The number of rotatable bonds is 2. The van der Waals surface area contributed by atoms with Crippen LogP contribution in [0.25, 0.3) is 10.1 Å². The molecule has 4 heteroatoms. The summed E-state index contributed by atoms with van der Waals surface area (Å²) in [6, 6.07) is 15.4. The van der Waals surface area contributed by atoms with Gasteiger partial charge in [0.1, 0.15) is 0 Å². The van der Waals surface area contributed by atoms with Crippen LogP contribution >= 0.6 is 22.9 Å². The van der Waals surface area contributed by atoms with Crippen molar-refractivity contribution in [1.82, 2.24) is 0 Å². The van der Waals surface area contributed by atoms with Gasteiger partial charge >= 0.3 is 0 Å². The van der Waals surface area contributed by atoms with E-state index in [-0.39, 0.29) is 5.91 Å². The van der Waals surface area contributed by atoms with Crippen LogP contribution in [0.4, 0.5) is 5.69 Å². The first-order valence-electron chi connectivity index (χ1n) is 6.19. The van der Waals surface area contributed by atoms with E-state index in [9.17, 15) is 4.79 Å². The highest BCUT2D eigenvalue weighted by atomic mass is 35.5. The van der Waals surface area contributed by atoms with Crippen molar-refractivity contribution in [3.05, 3.63) is 64.0 Å². The molecule has 1 N–H and O–H groups in total. The van der Waals surface area contributed by atoms with Crippen LogP contribution in [0, 0.1) is 6.92 Å². The van der Waals surface area contributed by atoms with Gasteiger partial charge in [-0.1, -0.05) is 35.9 Å². The van der Waals surface area contributed by atoms with E-state index in [1.807, 2.05) is 49.4 Å². The number of hydrogen-bond acceptors (Lipinski definition) is 2. The quantitative estimate of drug-likeness (QED) is 0.699. The molecular weight excluding hydrogens is 290 g/mol. The van der Waals surface area contributed by atoms with Gasteiger partial charge in [-0.05, 0) is 42.1 Å². The van der Waals surface area contributed by atoms with Crippen molar-refractivity contribution in [2.75, 3.05) is 5.32 Å². The van der Waals surface area contributed by atoms with Crippen LogP contribution in [0.1, 0.15) is 15.2 Å². The fourth-order valence-corrected chi connectivity index (χ4v) is 3.10. The molecule has 20 heavy (non-hydrogen) atoms. The molecule has 100 valence electrons. The van der Waals surface area contributed by atoms with Crippen LogP contribution < -0.4 is 5.32 Å². The highest BCUT2D eigenvalue weighted by Crippen LogP contribution is 2.26. The Hall–Kier alpha value is -1.84. The molecule has 0 saturated carbocycles. The molecule has 3 aromatic rings. The molecule has 0 aliphatic carbocycles. The predicted molar refractivity (Wildman–Crippen MR) is 86.0 cm³/mol. The van der Waals surface area contributed by atoms with Gasteiger partial charge in [-0.25, -0.2) is 0 Å². The maximum absolute atomic E-state index is 12.2. The highest BCUT2D eigenvalue weighted by molar-refractivity contribution is 7.20. The first kappa shape index (κ1) is 13.2. The summed E-state index contributed by atoms with van der Waals surface area (Å²) >= 11 is 7.55. The zero-order chi connectivity index (χ0) is 14.1. The van der Waals surface area contributed by atoms with Gasteiger partial charge in [-0.2, -0.15) is 0 Å². The molecule has 1 amide bonds. The topological polar surface area (TPSA) is 29.1 Å². The van der Waals surface area contributed by atoms with Crippen LogP contribution in [0.2, 0.25) is 5.02 Å². The maximum Gasteiger partial charge on any atom is 0.265 e. The lowest BCUT2D eigenvalue weighted by Gasteiger charge is -2.05. The maximum atomic E-state index is 12.2. The van der Waals surface area contributed by atoms with Gasteiger partial charge in [0, 0.05) is 15.4 Å². The second kappa shape index (κ2) is 5.27. The number of thiophene rings is 1. The molecule has 0 atom stereocenters. The molecule has 3 rings (SSSR count). The molecular formula is C16H12ClNOS. The summed E-state index contributed by atoms with van der Waals surface area (Å²) < 4.78 is 1.11. The fraction of sp³-hybridized carbons (Fsp3) is 0.0625. The molecule has 1 aromatic heterocycles. The molecule has 2 nitrogen and oxygen atoms in total. The lowest BCUT2D eigenvalue weighted by Crippen LogP contribution is -2.09. The van der Waals surface area contributed by atoms with Crippen LogP contribution in [0.3, 0.4) is 0 Å². The average Bonchev–Trinajstić information content (AvgIpc) is 2.87. The average molecular weight is 302 g/mol. The van der Waals surface area contributed by atoms with Crippen molar-refractivity contribution in [1.29, 1.82) is 0 Å². The highest BCUT2D eigenvalue weighted by Gasteiger charge is 2.10. The summed E-state index contributed by atoms with van der Waals surface area (Å²) in [5.41, 5.74) is 1.70. The van der Waals surface area contributed by atoms with E-state index in [1.165, 1.54) is 11.3 Å². The van der Waals surface area contributed by atoms with Crippen molar-refractivity contribution >= 4 is 44.6 Å². The normalized spacial score (nSPS) is 10.7. The monoisotopic (exact) mass is 301 g/mol. The minimum Gasteiger partial charge on any atom is -0.321 e. The Morgan fingerprint density at radius 1 is 1.15 bits per heavy atom. The molecule has 0 saturated heterocycles. The standard InChI is InChI=1S/C16H12ClNOS/c1-10-6-7-12(9-13(10)17)18-16(19)15-8-11-4-2-3-5-14(11)20-15/h2-9H,1H3,(H,18,19). The molecule has 0 fully saturated rings. The fourth-order valence-electron chi connectivity index (χ4n) is 1.96. The van der Waals surface area contributed by atoms with Gasteiger partial charge in [-0.15, -0.1) is 11.3 Å². The van der Waals surface area contributed by atoms with Crippen LogP contribution in [0.5, 0.6) is 0 Å². The Labute approximate surface area is 126 Å². The van der Waals surface area contributed by atoms with Crippen molar-refractivity contribution in [2.24, 2.45) is 0 Å². The van der Waals surface area contributed by atoms with Gasteiger partial charge in [0.2, 0.25) is 0 Å². The number of carbonyl (C=O) groups is 1. The Morgan fingerprint density at radius 3 is 2.70 bits per heavy atom. The minimum atomic E-state index is -0.105. The van der Waals surface area contributed by atoms with Gasteiger partial charge in [0.05, 0.1) is 4.88 Å². The Kier molecular flexibility index (Phi) is 3.47. The third-order valence-corrected chi connectivity index (χ3v) is 4.60. The Bertz CT molecular complexity index is 761. The predicted octanol–water partition coefficient (Wildman–Crippen LogP) is 5.12. The lowest BCUT2D eigenvalue weighted by atomic mass is 10.2. The third kappa shape index (κ3) is 2.55. The van der Waals surface area contributed by atoms with E-state index >= 15 is 0 Å². The molecule has 0 bridgehead atoms. The van der Waals surface area contributed by atoms with Gasteiger partial charge in [0.15, 0.2) is 0 Å². The number of aryl methyl sites for hydroxylation is 1. The molecule has 0 aliphatic rings. The number of fused-ring (bicyclic) bond motifs is 1. The van der Waals surface area contributed by atoms with Gasteiger partial charge in [0.25, 0.3) is 5.91 Å². The zero-order valence-electron chi connectivity index (χ0n) is 10.8. The molecule has 0 aliphatic heterocycles. The number of anilines is 1. The van der Waals surface area contributed by atoms with Crippen LogP contribution in [-0.4, -0.2) is 5.91 Å². The van der Waals surface area contributed by atoms with E-state index in [2.05, 4.69) is 5.32 Å². The number of hydrogen-bond donors (Lipinski definition) is 1. The Morgan fingerprint density at radius 2 is 1.95 bits per heavy atom. The number of nitrogens with one attached hydrogen (secondary N) is 1. The van der Waals surface area contributed by atoms with Gasteiger partial charge in [-0.3, -0.25) is 4.79 Å². The largest absolute Gasteiger partial charge is 0.321 e. The van der Waals surface area contributed by atoms with E-state index < -0.39 is 0 Å². The van der Waals surface area contributed by atoms with E-state index in [0.29, 0.717) is 15.6 Å². The molecule has 0 radical (unpaired) electrons. The second-order valence-corrected chi connectivity index (χ2v) is 6.06. The summed E-state index contributed by atoms with van der Waals surface area (Å²) in [7, 11) is 0. The second-order valence-electron chi connectivity index (χ2n) is 4.57. The zero-order valence-corrected chi connectivity index (χ0v) is 12.4. The molecule has 2 aromatic carbocycles. The summed E-state index contributed by atoms with van der Waals surface area (Å²) in [5.74, 6) is -0.105. The van der Waals surface area contributed by atoms with Crippen molar-refractivity contribution in [2.45, 2.75) is 6.92 Å². The summed E-state index contributed by atoms with van der Waals surface area (Å²) in [6.45, 7) is 1.93. The van der Waals surface area contributed by atoms with Crippen molar-refractivity contribution in [3.63, 3.8) is 0 Å². The van der Waals surface area contributed by atoms with E-state index in [1.54, 1.807) is 6.07 Å². The van der Waals surface area contributed by atoms with Crippen LogP contribution in [0.15, 0.2) is 48.5 Å². The molecule has 0 spiro atoms. The summed E-state index contributed by atoms with van der Waals surface area (Å²) in [5, 5.41) is 4.61. The molecule has 1 heterocycles. The number of amides is 1. The van der Waals surface area contributed by atoms with Crippen molar-refractivity contribution in [3.8, 4) is 0 Å². The number of carbonyl (C=O) groups excluding carboxylic acids is 1. The number of benzene rings is 2. The SMILES string of the molecule is Cc1ccc(NC(=O)c2cc3ccccc3s2)cc1Cl. The summed E-state index contributed by atoms with van der Waals surface area (Å²) in [6.07, 6.45) is 0. The van der Waals surface area contributed by atoms with Crippen LogP contribution in [-0.2, 0) is 0 Å². The van der Waals surface area contributed by atoms with Gasteiger partial charge < -0.3 is 5.32 Å². The first-order valence-corrected chi connectivity index (χ1v) is 7.39. The van der Waals surface area contributed by atoms with E-state index in [0.717, 1.165) is 15.6 Å². The lowest BCUT2D eigenvalue weighted by molar-refractivity contribution is 0.103. The third-order valence-electron chi connectivity index (χ3n) is 3.08. The Balaban J connectivity index is 1.86. The number of halogens is 1. The summed E-state index contributed by atoms with van der Waals surface area (Å²) in [4.78, 5) is 12.9. The van der Waals surface area contributed by atoms with E-state index in [4.69, 9.17) is 11.6 Å². The first-order chi connectivity index (χ1) is 9.63.